The summed E-state index contributed by atoms with van der Waals surface area (Å²) in [5, 5.41) is 3.03. The van der Waals surface area contributed by atoms with Crippen LogP contribution in [0.5, 0.6) is 0 Å². The summed E-state index contributed by atoms with van der Waals surface area (Å²) >= 11 is 0. The summed E-state index contributed by atoms with van der Waals surface area (Å²) in [6, 6.07) is 0.149. The zero-order valence-corrected chi connectivity index (χ0v) is 14.6. The van der Waals surface area contributed by atoms with Crippen molar-refractivity contribution in [1.29, 1.82) is 0 Å². The van der Waals surface area contributed by atoms with Gasteiger partial charge in [-0.3, -0.25) is 0 Å². The molecule has 2 rings (SSSR count). The lowest BCUT2D eigenvalue weighted by molar-refractivity contribution is 0.160. The maximum atomic E-state index is 12.0. The molecule has 4 nitrogen and oxygen atoms in total. The van der Waals surface area contributed by atoms with E-state index in [2.05, 4.69) is 24.1 Å². The highest BCUT2D eigenvalue weighted by atomic mass is 16.2. The molecule has 1 aliphatic carbocycles. The summed E-state index contributed by atoms with van der Waals surface area (Å²) in [6.45, 7) is 10.9. The van der Waals surface area contributed by atoms with Crippen LogP contribution in [0.1, 0.15) is 58.8 Å². The highest BCUT2D eigenvalue weighted by Gasteiger charge is 2.25. The van der Waals surface area contributed by atoms with Crippen LogP contribution in [0.25, 0.3) is 0 Å². The van der Waals surface area contributed by atoms with Gasteiger partial charge < -0.3 is 15.1 Å². The molecule has 1 heterocycles. The number of hydrogen-bond acceptors (Lipinski definition) is 2. The van der Waals surface area contributed by atoms with Gasteiger partial charge in [-0.1, -0.05) is 20.3 Å². The zero-order chi connectivity index (χ0) is 15.8. The van der Waals surface area contributed by atoms with Gasteiger partial charge in [0.25, 0.3) is 0 Å². The van der Waals surface area contributed by atoms with Gasteiger partial charge in [-0.05, 0) is 63.5 Å². The summed E-state index contributed by atoms with van der Waals surface area (Å²) in [7, 11) is 0. The van der Waals surface area contributed by atoms with Crippen LogP contribution < -0.4 is 5.32 Å². The Kier molecular flexibility index (Phi) is 7.50. The molecule has 128 valence electrons. The van der Waals surface area contributed by atoms with Gasteiger partial charge in [0.1, 0.15) is 0 Å². The smallest absolute Gasteiger partial charge is 0.317 e. The second-order valence-corrected chi connectivity index (χ2v) is 7.14. The third kappa shape index (κ3) is 6.15. The Morgan fingerprint density at radius 2 is 1.86 bits per heavy atom. The molecule has 2 amide bonds. The van der Waals surface area contributed by atoms with Crippen molar-refractivity contribution >= 4 is 6.03 Å². The Morgan fingerprint density at radius 1 is 1.14 bits per heavy atom. The van der Waals surface area contributed by atoms with E-state index in [9.17, 15) is 4.79 Å². The fourth-order valence-electron chi connectivity index (χ4n) is 3.32. The molecule has 2 fully saturated rings. The van der Waals surface area contributed by atoms with E-state index < -0.39 is 0 Å². The van der Waals surface area contributed by atoms with Crippen LogP contribution in [0.3, 0.4) is 0 Å². The first-order valence-electron chi connectivity index (χ1n) is 9.48. The first-order chi connectivity index (χ1) is 10.7. The third-order valence-electron chi connectivity index (χ3n) is 5.22. The zero-order valence-electron chi connectivity index (χ0n) is 14.6. The monoisotopic (exact) mass is 309 g/mol. The van der Waals surface area contributed by atoms with Gasteiger partial charge >= 0.3 is 6.03 Å². The molecule has 1 N–H and O–H groups in total. The summed E-state index contributed by atoms with van der Waals surface area (Å²) in [5.74, 6) is 1.81. The van der Waals surface area contributed by atoms with Crippen molar-refractivity contribution in [2.24, 2.45) is 11.8 Å². The molecule has 0 spiro atoms. The van der Waals surface area contributed by atoms with Crippen molar-refractivity contribution in [2.45, 2.75) is 58.8 Å². The van der Waals surface area contributed by atoms with Crippen LogP contribution in [0.4, 0.5) is 4.79 Å². The number of carbonyl (C=O) groups is 1. The predicted molar refractivity (Wildman–Crippen MR) is 92.1 cm³/mol. The second-order valence-electron chi connectivity index (χ2n) is 7.14. The minimum atomic E-state index is 0.149. The molecule has 2 aliphatic rings. The fourth-order valence-corrected chi connectivity index (χ4v) is 3.32. The second kappa shape index (κ2) is 9.39. The molecule has 0 atom stereocenters. The lowest BCUT2D eigenvalue weighted by atomic mass is 9.93. The van der Waals surface area contributed by atoms with Gasteiger partial charge in [0, 0.05) is 26.2 Å². The van der Waals surface area contributed by atoms with Gasteiger partial charge in [-0.15, -0.1) is 0 Å². The first kappa shape index (κ1) is 17.6. The van der Waals surface area contributed by atoms with E-state index >= 15 is 0 Å². The number of hydrogen-bond donors (Lipinski definition) is 1. The molecular weight excluding hydrogens is 274 g/mol. The summed E-state index contributed by atoms with van der Waals surface area (Å²) < 4.78 is 0. The standard InChI is InChI=1S/C18H35N3O/c1-3-5-11-19-18(22)21-13-9-16(10-14-21)8-12-20(4-2)15-17-6-7-17/h16-17H,3-15H2,1-2H3,(H,19,22). The lowest BCUT2D eigenvalue weighted by Gasteiger charge is -2.33. The number of nitrogens with one attached hydrogen (secondary N) is 1. The number of piperidine rings is 1. The molecule has 0 aromatic carbocycles. The van der Waals surface area contributed by atoms with Crippen LogP contribution >= 0.6 is 0 Å². The van der Waals surface area contributed by atoms with Gasteiger partial charge in [-0.25, -0.2) is 4.79 Å². The third-order valence-corrected chi connectivity index (χ3v) is 5.22. The van der Waals surface area contributed by atoms with Crippen LogP contribution in [0.2, 0.25) is 0 Å². The van der Waals surface area contributed by atoms with Crippen molar-refractivity contribution < 1.29 is 4.79 Å². The molecule has 0 radical (unpaired) electrons. The van der Waals surface area contributed by atoms with E-state index in [0.29, 0.717) is 0 Å². The van der Waals surface area contributed by atoms with Crippen molar-refractivity contribution in [3.05, 3.63) is 0 Å². The normalized spacial score (nSPS) is 19.7. The first-order valence-corrected chi connectivity index (χ1v) is 9.48. The Hall–Kier alpha value is -0.770. The summed E-state index contributed by atoms with van der Waals surface area (Å²) in [5.41, 5.74) is 0. The largest absolute Gasteiger partial charge is 0.338 e. The van der Waals surface area contributed by atoms with E-state index in [1.165, 1.54) is 51.7 Å². The molecule has 1 aliphatic heterocycles. The Morgan fingerprint density at radius 3 is 2.45 bits per heavy atom. The van der Waals surface area contributed by atoms with Crippen molar-refractivity contribution in [3.63, 3.8) is 0 Å². The molecule has 0 aromatic rings. The van der Waals surface area contributed by atoms with E-state index in [1.54, 1.807) is 0 Å². The molecule has 0 aromatic heterocycles. The van der Waals surface area contributed by atoms with Crippen molar-refractivity contribution in [1.82, 2.24) is 15.1 Å². The van der Waals surface area contributed by atoms with E-state index in [0.717, 1.165) is 44.3 Å². The highest BCUT2D eigenvalue weighted by molar-refractivity contribution is 5.74. The summed E-state index contributed by atoms with van der Waals surface area (Å²) in [4.78, 5) is 16.7. The number of amides is 2. The van der Waals surface area contributed by atoms with Crippen molar-refractivity contribution in [3.8, 4) is 0 Å². The number of nitrogens with zero attached hydrogens (tertiary/aromatic N) is 2. The average molecular weight is 309 g/mol. The highest BCUT2D eigenvalue weighted by Crippen LogP contribution is 2.30. The average Bonchev–Trinajstić information content (AvgIpc) is 3.36. The van der Waals surface area contributed by atoms with E-state index in [-0.39, 0.29) is 6.03 Å². The topological polar surface area (TPSA) is 35.6 Å². The minimum Gasteiger partial charge on any atom is -0.338 e. The minimum absolute atomic E-state index is 0.149. The number of unbranched alkanes of at least 4 members (excludes halogenated alkanes) is 1. The van der Waals surface area contributed by atoms with Gasteiger partial charge in [0.15, 0.2) is 0 Å². The van der Waals surface area contributed by atoms with Crippen molar-refractivity contribution in [2.75, 3.05) is 39.3 Å². The summed E-state index contributed by atoms with van der Waals surface area (Å²) in [6.07, 6.45) is 8.79. The maximum Gasteiger partial charge on any atom is 0.317 e. The van der Waals surface area contributed by atoms with Crippen LogP contribution in [-0.4, -0.2) is 55.1 Å². The fraction of sp³-hybridized carbons (Fsp3) is 0.944. The molecule has 22 heavy (non-hydrogen) atoms. The Labute approximate surface area is 136 Å². The van der Waals surface area contributed by atoms with E-state index in [4.69, 9.17) is 0 Å². The molecular formula is C18H35N3O. The quantitative estimate of drug-likeness (QED) is 0.663. The van der Waals surface area contributed by atoms with Crippen LogP contribution in [0.15, 0.2) is 0 Å². The number of likely N-dealkylation sites (tertiary alicyclic amines) is 1. The van der Waals surface area contributed by atoms with Gasteiger partial charge in [-0.2, -0.15) is 0 Å². The molecule has 4 heteroatoms. The van der Waals surface area contributed by atoms with Crippen LogP contribution in [-0.2, 0) is 0 Å². The molecule has 1 saturated carbocycles. The van der Waals surface area contributed by atoms with Crippen LogP contribution in [0, 0.1) is 11.8 Å². The molecule has 0 bridgehead atoms. The number of urea groups is 1. The Balaban J connectivity index is 1.58. The molecule has 0 unspecified atom stereocenters. The number of carbonyl (C=O) groups excluding carboxylic acids is 1. The molecule has 1 saturated heterocycles. The van der Waals surface area contributed by atoms with Gasteiger partial charge in [0.2, 0.25) is 0 Å². The Bertz CT molecular complexity index is 322. The lowest BCUT2D eigenvalue weighted by Crippen LogP contribution is -2.45. The predicted octanol–water partition coefficient (Wildman–Crippen LogP) is 3.33. The number of rotatable bonds is 9. The van der Waals surface area contributed by atoms with E-state index in [1.807, 2.05) is 4.90 Å². The maximum absolute atomic E-state index is 12.0. The van der Waals surface area contributed by atoms with Gasteiger partial charge in [0.05, 0.1) is 0 Å². The SMILES string of the molecule is CCCCNC(=O)N1CCC(CCN(CC)CC2CC2)CC1.